The fourth-order valence-electron chi connectivity index (χ4n) is 1.74. The van der Waals surface area contributed by atoms with E-state index in [2.05, 4.69) is 10.3 Å². The molecular formula is C14H15FN2. The number of nitrogens with zero attached hydrogens (tertiary/aromatic N) is 1. The molecule has 2 nitrogen and oxygen atoms in total. The van der Waals surface area contributed by atoms with E-state index in [1.807, 2.05) is 26.0 Å². The lowest BCUT2D eigenvalue weighted by Gasteiger charge is -2.15. The van der Waals surface area contributed by atoms with E-state index < -0.39 is 0 Å². The van der Waals surface area contributed by atoms with Crippen LogP contribution in [0.5, 0.6) is 0 Å². The summed E-state index contributed by atoms with van der Waals surface area (Å²) in [5, 5.41) is 3.30. The number of hydrogen-bond acceptors (Lipinski definition) is 2. The van der Waals surface area contributed by atoms with Crippen molar-refractivity contribution in [3.63, 3.8) is 0 Å². The molecule has 88 valence electrons. The van der Waals surface area contributed by atoms with Crippen molar-refractivity contribution >= 4 is 5.69 Å². The van der Waals surface area contributed by atoms with Gasteiger partial charge in [-0.1, -0.05) is 12.1 Å². The molecular weight excluding hydrogens is 215 g/mol. The van der Waals surface area contributed by atoms with Crippen LogP contribution in [0.3, 0.4) is 0 Å². The van der Waals surface area contributed by atoms with Crippen molar-refractivity contribution in [3.05, 3.63) is 59.7 Å². The average molecular weight is 230 g/mol. The summed E-state index contributed by atoms with van der Waals surface area (Å²) >= 11 is 0. The van der Waals surface area contributed by atoms with Gasteiger partial charge in [-0.2, -0.15) is 0 Å². The molecule has 0 spiro atoms. The highest BCUT2D eigenvalue weighted by Gasteiger charge is 2.06. The van der Waals surface area contributed by atoms with Crippen molar-refractivity contribution in [2.45, 2.75) is 19.9 Å². The van der Waals surface area contributed by atoms with Gasteiger partial charge in [0.05, 0.1) is 5.69 Å². The highest BCUT2D eigenvalue weighted by atomic mass is 19.1. The predicted octanol–water partition coefficient (Wildman–Crippen LogP) is 3.70. The van der Waals surface area contributed by atoms with Gasteiger partial charge >= 0.3 is 0 Å². The number of aryl methyl sites for hydroxylation is 1. The molecule has 1 atom stereocenters. The second kappa shape index (κ2) is 4.95. The Bertz CT molecular complexity index is 511. The molecule has 0 amide bonds. The van der Waals surface area contributed by atoms with Crippen LogP contribution in [0.4, 0.5) is 10.1 Å². The first-order valence-corrected chi connectivity index (χ1v) is 5.59. The zero-order valence-electron chi connectivity index (χ0n) is 9.94. The van der Waals surface area contributed by atoms with Gasteiger partial charge in [-0.25, -0.2) is 4.39 Å². The minimum atomic E-state index is -0.210. The molecule has 1 unspecified atom stereocenters. The first-order valence-electron chi connectivity index (χ1n) is 5.59. The number of nitrogens with one attached hydrogen (secondary N) is 1. The Morgan fingerprint density at radius 2 is 2.06 bits per heavy atom. The van der Waals surface area contributed by atoms with E-state index >= 15 is 0 Å². The van der Waals surface area contributed by atoms with E-state index in [0.29, 0.717) is 0 Å². The summed E-state index contributed by atoms with van der Waals surface area (Å²) < 4.78 is 13.1. The van der Waals surface area contributed by atoms with Gasteiger partial charge < -0.3 is 5.32 Å². The second-order valence-corrected chi connectivity index (χ2v) is 4.17. The Labute approximate surface area is 101 Å². The Morgan fingerprint density at radius 3 is 2.76 bits per heavy atom. The van der Waals surface area contributed by atoms with E-state index in [1.54, 1.807) is 24.5 Å². The number of rotatable bonds is 3. The molecule has 1 aromatic heterocycles. The van der Waals surface area contributed by atoms with Crippen LogP contribution >= 0.6 is 0 Å². The molecule has 0 aliphatic heterocycles. The lowest BCUT2D eigenvalue weighted by molar-refractivity contribution is 0.623. The van der Waals surface area contributed by atoms with Crippen LogP contribution in [0.2, 0.25) is 0 Å². The molecule has 0 aliphatic carbocycles. The van der Waals surface area contributed by atoms with E-state index in [1.165, 1.54) is 6.07 Å². The van der Waals surface area contributed by atoms with E-state index in [9.17, 15) is 4.39 Å². The third-order valence-electron chi connectivity index (χ3n) is 2.61. The number of anilines is 1. The summed E-state index contributed by atoms with van der Waals surface area (Å²) in [6.07, 6.45) is 3.57. The Morgan fingerprint density at radius 1 is 1.24 bits per heavy atom. The van der Waals surface area contributed by atoms with Crippen molar-refractivity contribution in [2.75, 3.05) is 5.32 Å². The van der Waals surface area contributed by atoms with Gasteiger partial charge in [0.15, 0.2) is 0 Å². The Kier molecular flexibility index (Phi) is 3.38. The summed E-state index contributed by atoms with van der Waals surface area (Å²) in [6.45, 7) is 3.99. The molecule has 0 bridgehead atoms. The summed E-state index contributed by atoms with van der Waals surface area (Å²) in [5.41, 5.74) is 2.97. The van der Waals surface area contributed by atoms with Gasteiger partial charge in [0, 0.05) is 18.4 Å². The van der Waals surface area contributed by atoms with Crippen LogP contribution in [0, 0.1) is 12.7 Å². The average Bonchev–Trinajstić information content (AvgIpc) is 2.29. The molecule has 2 rings (SSSR count). The highest BCUT2D eigenvalue weighted by molar-refractivity contribution is 5.44. The van der Waals surface area contributed by atoms with Crippen LogP contribution < -0.4 is 5.32 Å². The van der Waals surface area contributed by atoms with Crippen molar-refractivity contribution in [2.24, 2.45) is 0 Å². The van der Waals surface area contributed by atoms with E-state index in [4.69, 9.17) is 0 Å². The maximum absolute atomic E-state index is 13.1. The van der Waals surface area contributed by atoms with Crippen LogP contribution in [-0.4, -0.2) is 4.98 Å². The normalized spacial score (nSPS) is 12.2. The van der Waals surface area contributed by atoms with Gasteiger partial charge in [-0.05, 0) is 43.2 Å². The summed E-state index contributed by atoms with van der Waals surface area (Å²) in [5.74, 6) is -0.210. The first kappa shape index (κ1) is 11.6. The molecule has 1 heterocycles. The molecule has 3 heteroatoms. The van der Waals surface area contributed by atoms with Crippen LogP contribution in [0.25, 0.3) is 0 Å². The fraction of sp³-hybridized carbons (Fsp3) is 0.214. The second-order valence-electron chi connectivity index (χ2n) is 4.17. The topological polar surface area (TPSA) is 24.9 Å². The zero-order chi connectivity index (χ0) is 12.3. The summed E-state index contributed by atoms with van der Waals surface area (Å²) in [4.78, 5) is 4.11. The fourth-order valence-corrected chi connectivity index (χ4v) is 1.74. The third-order valence-corrected chi connectivity index (χ3v) is 2.61. The van der Waals surface area contributed by atoms with Crippen LogP contribution in [0.1, 0.15) is 24.1 Å². The number of hydrogen-bond donors (Lipinski definition) is 1. The molecule has 0 saturated heterocycles. The Hall–Kier alpha value is -1.90. The van der Waals surface area contributed by atoms with Gasteiger partial charge in [0.25, 0.3) is 0 Å². The standard InChI is InChI=1S/C14H15FN2/c1-10-6-14(9-16-8-10)17-11(2)12-4-3-5-13(15)7-12/h3-9,11,17H,1-2H3. The third kappa shape index (κ3) is 3.03. The van der Waals surface area contributed by atoms with Crippen molar-refractivity contribution in [1.29, 1.82) is 0 Å². The molecule has 2 aromatic rings. The molecule has 0 saturated carbocycles. The van der Waals surface area contributed by atoms with Crippen molar-refractivity contribution in [3.8, 4) is 0 Å². The number of pyridine rings is 1. The molecule has 0 radical (unpaired) electrons. The quantitative estimate of drug-likeness (QED) is 0.869. The number of halogens is 1. The minimum absolute atomic E-state index is 0.0503. The SMILES string of the molecule is Cc1cncc(NC(C)c2cccc(F)c2)c1. The van der Waals surface area contributed by atoms with E-state index in [-0.39, 0.29) is 11.9 Å². The van der Waals surface area contributed by atoms with Gasteiger partial charge in [0.2, 0.25) is 0 Å². The molecule has 17 heavy (non-hydrogen) atoms. The minimum Gasteiger partial charge on any atom is -0.377 e. The van der Waals surface area contributed by atoms with Gasteiger partial charge in [-0.3, -0.25) is 4.98 Å². The van der Waals surface area contributed by atoms with E-state index in [0.717, 1.165) is 16.8 Å². The molecule has 1 aromatic carbocycles. The van der Waals surface area contributed by atoms with Crippen LogP contribution in [0.15, 0.2) is 42.7 Å². The first-order chi connectivity index (χ1) is 8.15. The van der Waals surface area contributed by atoms with Crippen molar-refractivity contribution < 1.29 is 4.39 Å². The van der Waals surface area contributed by atoms with Gasteiger partial charge in [0.1, 0.15) is 5.82 Å². The molecule has 0 aliphatic rings. The lowest BCUT2D eigenvalue weighted by atomic mass is 10.1. The monoisotopic (exact) mass is 230 g/mol. The zero-order valence-corrected chi connectivity index (χ0v) is 9.94. The maximum Gasteiger partial charge on any atom is 0.123 e. The van der Waals surface area contributed by atoms with Crippen molar-refractivity contribution in [1.82, 2.24) is 4.98 Å². The maximum atomic E-state index is 13.1. The number of aromatic nitrogens is 1. The molecule has 1 N–H and O–H groups in total. The largest absolute Gasteiger partial charge is 0.377 e. The lowest BCUT2D eigenvalue weighted by Crippen LogP contribution is -2.07. The highest BCUT2D eigenvalue weighted by Crippen LogP contribution is 2.19. The van der Waals surface area contributed by atoms with Crippen LogP contribution in [-0.2, 0) is 0 Å². The predicted molar refractivity (Wildman–Crippen MR) is 67.4 cm³/mol. The van der Waals surface area contributed by atoms with Gasteiger partial charge in [-0.15, -0.1) is 0 Å². The summed E-state index contributed by atoms with van der Waals surface area (Å²) in [6, 6.07) is 8.68. The molecule has 0 fully saturated rings. The summed E-state index contributed by atoms with van der Waals surface area (Å²) in [7, 11) is 0. The smallest absolute Gasteiger partial charge is 0.123 e. The number of benzene rings is 1. The Balaban J connectivity index is 2.14.